The van der Waals surface area contributed by atoms with Crippen LogP contribution in [-0.2, 0) is 0 Å². The molecule has 0 amide bonds. The second kappa shape index (κ2) is 12.6. The molecule has 2 aromatic heterocycles. The second-order valence-corrected chi connectivity index (χ2v) is 25.2. The molecule has 5 aromatic carbocycles. The molecule has 0 aliphatic rings. The Kier molecular flexibility index (Phi) is 7.48. The Balaban J connectivity index is 1.51. The molecule has 0 aliphatic heterocycles. The summed E-state index contributed by atoms with van der Waals surface area (Å²) in [7, 11) is 0. The van der Waals surface area contributed by atoms with Crippen molar-refractivity contribution in [3.05, 3.63) is 132 Å². The van der Waals surface area contributed by atoms with Crippen LogP contribution in [0.1, 0.15) is 60.3 Å². The number of aromatic nitrogens is 1. The number of furan rings is 1. The van der Waals surface area contributed by atoms with Gasteiger partial charge in [0.2, 0.25) is 0 Å². The molecule has 7 aromatic rings. The van der Waals surface area contributed by atoms with Gasteiger partial charge in [-0.1, -0.05) is 30.3 Å². The Morgan fingerprint density at radius 2 is 1.21 bits per heavy atom. The van der Waals surface area contributed by atoms with Gasteiger partial charge >= 0.3 is 258 Å². The Morgan fingerprint density at radius 3 is 1.77 bits per heavy atom. The van der Waals surface area contributed by atoms with E-state index in [4.69, 9.17) is 13.5 Å². The van der Waals surface area contributed by atoms with Crippen LogP contribution < -0.4 is 4.40 Å². The molecule has 0 spiro atoms. The molecule has 0 N–H and O–H groups in total. The van der Waals surface area contributed by atoms with E-state index in [1.54, 1.807) is 6.20 Å². The van der Waals surface area contributed by atoms with Gasteiger partial charge in [-0.05, 0) is 5.56 Å². The molecule has 3 heteroatoms. The number of para-hydroxylation sites is 1. The van der Waals surface area contributed by atoms with Crippen molar-refractivity contribution in [2.45, 2.75) is 63.7 Å². The zero-order chi connectivity index (χ0) is 36.2. The summed E-state index contributed by atoms with van der Waals surface area (Å²) in [6, 6.07) is 38.3. The second-order valence-electron chi connectivity index (χ2n) is 14.6. The van der Waals surface area contributed by atoms with Crippen molar-refractivity contribution in [1.82, 2.24) is 4.98 Å². The van der Waals surface area contributed by atoms with Crippen molar-refractivity contribution in [3.63, 3.8) is 0 Å². The predicted octanol–water partition coefficient (Wildman–Crippen LogP) is 12.7. The Morgan fingerprint density at radius 1 is 0.604 bits per heavy atom. The molecule has 0 fully saturated rings. The first-order chi connectivity index (χ1) is 24.2. The van der Waals surface area contributed by atoms with Gasteiger partial charge in [0.05, 0.1) is 0 Å². The van der Waals surface area contributed by atoms with Crippen LogP contribution in [-0.4, -0.2) is 18.3 Å². The molecule has 7 rings (SSSR count). The van der Waals surface area contributed by atoms with E-state index in [1.807, 2.05) is 18.2 Å². The maximum atomic E-state index is 8.63. The van der Waals surface area contributed by atoms with E-state index in [-0.39, 0.29) is 17.4 Å². The number of aryl methyl sites for hydroxylation is 1. The first-order valence-electron chi connectivity index (χ1n) is 18.5. The Hall–Kier alpha value is -4.41. The molecule has 2 heterocycles. The topological polar surface area (TPSA) is 26.0 Å². The summed E-state index contributed by atoms with van der Waals surface area (Å²) in [4.78, 5) is 4.86. The van der Waals surface area contributed by atoms with Gasteiger partial charge in [0.15, 0.2) is 0 Å². The molecule has 0 bridgehead atoms. The summed E-state index contributed by atoms with van der Waals surface area (Å²) in [6.45, 7) is 6.39. The zero-order valence-corrected chi connectivity index (χ0v) is 31.1. The number of nitrogens with zero attached hydrogens (tertiary/aromatic N) is 1. The van der Waals surface area contributed by atoms with Crippen molar-refractivity contribution in [3.8, 4) is 44.6 Å². The summed E-state index contributed by atoms with van der Waals surface area (Å²) >= 11 is -2.42. The van der Waals surface area contributed by atoms with E-state index in [2.05, 4.69) is 136 Å². The maximum absolute atomic E-state index is 8.63. The quantitative estimate of drug-likeness (QED) is 0.156. The molecule has 2 nitrogen and oxygen atoms in total. The minimum atomic E-state index is -2.42. The molecule has 0 saturated carbocycles. The van der Waals surface area contributed by atoms with Gasteiger partial charge in [0.25, 0.3) is 0 Å². The Labute approximate surface area is 292 Å². The normalized spacial score (nSPS) is 13.3. The van der Waals surface area contributed by atoms with Crippen LogP contribution in [0, 0.1) is 6.85 Å². The first kappa shape index (κ1) is 28.6. The molecule has 0 atom stereocenters. The molecule has 48 heavy (non-hydrogen) atoms. The first-order valence-corrected chi connectivity index (χ1v) is 24.4. The van der Waals surface area contributed by atoms with Crippen molar-refractivity contribution in [2.75, 3.05) is 0 Å². The number of pyridine rings is 1. The molecular formula is C45H45GeNO. The third kappa shape index (κ3) is 5.81. The third-order valence-corrected chi connectivity index (χ3v) is 13.7. The number of rotatable bonds is 7. The number of benzene rings is 5. The van der Waals surface area contributed by atoms with Crippen molar-refractivity contribution in [2.24, 2.45) is 0 Å². The molecule has 0 radical (unpaired) electrons. The molecule has 0 unspecified atom stereocenters. The van der Waals surface area contributed by atoms with Crippen molar-refractivity contribution < 1.29 is 8.53 Å². The van der Waals surface area contributed by atoms with E-state index < -0.39 is 20.1 Å². The van der Waals surface area contributed by atoms with Gasteiger partial charge in [-0.15, -0.1) is 0 Å². The van der Waals surface area contributed by atoms with Crippen LogP contribution in [0.2, 0.25) is 17.3 Å². The fourth-order valence-electron chi connectivity index (χ4n) is 6.97. The Bertz CT molecular complexity index is 2350. The van der Waals surface area contributed by atoms with E-state index in [9.17, 15) is 0 Å². The van der Waals surface area contributed by atoms with Gasteiger partial charge in [0, 0.05) is 0 Å². The average molecular weight is 691 g/mol. The van der Waals surface area contributed by atoms with Gasteiger partial charge < -0.3 is 0 Å². The number of hydrogen-bond donors (Lipinski definition) is 0. The fraction of sp³-hybridized carbons (Fsp3) is 0.222. The minimum absolute atomic E-state index is 0.154. The van der Waals surface area contributed by atoms with Gasteiger partial charge in [-0.2, -0.15) is 0 Å². The standard InChI is InChI=1S/C45H45GeNO/c1-28(2)37-22-33(31-16-11-9-12-17-31)23-38(29(3)4)43(37)39-26-42(47-27-30(39)5)36-21-15-20-35-40-24-34(32-18-13-10-14-19-32)25-41(46(6,7)8)45(40)48-44(35)36/h9-29H,1-8H3/i5D3. The van der Waals surface area contributed by atoms with Crippen LogP contribution in [0.3, 0.4) is 0 Å². The van der Waals surface area contributed by atoms with E-state index in [1.165, 1.54) is 15.5 Å². The van der Waals surface area contributed by atoms with Gasteiger partial charge in [-0.25, -0.2) is 0 Å². The van der Waals surface area contributed by atoms with Gasteiger partial charge in [0.1, 0.15) is 0 Å². The molecule has 240 valence electrons. The number of fused-ring (bicyclic) bond motifs is 3. The summed E-state index contributed by atoms with van der Waals surface area (Å²) < 4.78 is 34.1. The van der Waals surface area contributed by atoms with E-state index in [0.29, 0.717) is 11.3 Å². The number of hydrogen-bond acceptors (Lipinski definition) is 2. The van der Waals surface area contributed by atoms with Crippen molar-refractivity contribution in [1.29, 1.82) is 0 Å². The van der Waals surface area contributed by atoms with E-state index >= 15 is 0 Å². The van der Waals surface area contributed by atoms with E-state index in [0.717, 1.165) is 55.3 Å². The monoisotopic (exact) mass is 692 g/mol. The molecule has 0 saturated heterocycles. The average Bonchev–Trinajstić information content (AvgIpc) is 3.49. The van der Waals surface area contributed by atoms with Crippen molar-refractivity contribution >= 4 is 39.6 Å². The summed E-state index contributed by atoms with van der Waals surface area (Å²) in [5.41, 5.74) is 12.1. The summed E-state index contributed by atoms with van der Waals surface area (Å²) in [6.07, 6.45) is 1.57. The molecular weight excluding hydrogens is 643 g/mol. The summed E-state index contributed by atoms with van der Waals surface area (Å²) in [5, 5.41) is 2.14. The third-order valence-electron chi connectivity index (χ3n) is 9.51. The van der Waals surface area contributed by atoms with Crippen LogP contribution in [0.5, 0.6) is 0 Å². The predicted molar refractivity (Wildman–Crippen MR) is 209 cm³/mol. The van der Waals surface area contributed by atoms with Crippen LogP contribution >= 0.6 is 0 Å². The zero-order valence-electron chi connectivity index (χ0n) is 32.0. The fourth-order valence-corrected chi connectivity index (χ4v) is 10.0. The molecule has 0 aliphatic carbocycles. The van der Waals surface area contributed by atoms with Crippen LogP contribution in [0.25, 0.3) is 66.6 Å². The van der Waals surface area contributed by atoms with Crippen LogP contribution in [0.4, 0.5) is 0 Å². The van der Waals surface area contributed by atoms with Gasteiger partial charge in [-0.3, -0.25) is 0 Å². The van der Waals surface area contributed by atoms with Crippen LogP contribution in [0.15, 0.2) is 120 Å². The SMILES string of the molecule is [2H]C([2H])([2H])c1cnc(-c2cccc3c2oc2[c]([Ge]([CH3])([CH3])[CH3])cc(-c4ccccc4)cc23)cc1-c1c(C(C)C)cc(-c2ccccc2)cc1C(C)C. The summed E-state index contributed by atoms with van der Waals surface area (Å²) in [5.74, 6) is 7.52.